The highest BCUT2D eigenvalue weighted by molar-refractivity contribution is 8.15. The number of amidine groups is 1. The number of thioether (sulfide) groups is 1. The Labute approximate surface area is 194 Å². The van der Waals surface area contributed by atoms with Gasteiger partial charge in [-0.1, -0.05) is 23.9 Å². The molecular formula is C25H20N2O5S. The third kappa shape index (κ3) is 3.04. The zero-order valence-corrected chi connectivity index (χ0v) is 18.5. The smallest absolute Gasteiger partial charge is 0.239 e. The molecule has 0 unspecified atom stereocenters. The summed E-state index contributed by atoms with van der Waals surface area (Å²) in [5, 5.41) is 0.778. The molecular weight excluding hydrogens is 440 g/mol. The van der Waals surface area contributed by atoms with Gasteiger partial charge in [-0.15, -0.1) is 0 Å². The van der Waals surface area contributed by atoms with Crippen LogP contribution in [0.1, 0.15) is 36.4 Å². The molecule has 1 amide bonds. The van der Waals surface area contributed by atoms with Crippen molar-refractivity contribution in [3.05, 3.63) is 64.4 Å². The van der Waals surface area contributed by atoms with Gasteiger partial charge in [0.2, 0.25) is 19.5 Å². The van der Waals surface area contributed by atoms with Crippen molar-refractivity contribution in [2.75, 3.05) is 19.3 Å². The maximum Gasteiger partial charge on any atom is 0.239 e. The molecule has 4 aliphatic heterocycles. The third-order valence-corrected chi connectivity index (χ3v) is 7.48. The van der Waals surface area contributed by atoms with E-state index >= 15 is 0 Å². The van der Waals surface area contributed by atoms with Gasteiger partial charge in [0.05, 0.1) is 17.5 Å². The highest BCUT2D eigenvalue weighted by atomic mass is 32.2. The van der Waals surface area contributed by atoms with Gasteiger partial charge in [-0.05, 0) is 71.9 Å². The Morgan fingerprint density at radius 3 is 2.55 bits per heavy atom. The molecule has 166 valence electrons. The minimum Gasteiger partial charge on any atom is -0.454 e. The number of ether oxygens (including phenoxy) is 4. The lowest BCUT2D eigenvalue weighted by molar-refractivity contribution is -0.125. The second-order valence-electron chi connectivity index (χ2n) is 8.47. The summed E-state index contributed by atoms with van der Waals surface area (Å²) >= 11 is 1.51. The number of carbonyl (C=O) groups is 1. The van der Waals surface area contributed by atoms with Crippen LogP contribution in [0.3, 0.4) is 0 Å². The van der Waals surface area contributed by atoms with Gasteiger partial charge in [-0.2, -0.15) is 0 Å². The molecule has 2 aromatic carbocycles. The SMILES string of the molecule is O=C1CSC2=NC3=C(CCC/C3=C/c3ccc4c(c3)OCO4)[C@H](c3ccc4c(c3)OCO4)N12. The van der Waals surface area contributed by atoms with Crippen molar-refractivity contribution in [3.8, 4) is 23.0 Å². The molecule has 7 nitrogen and oxygen atoms in total. The Bertz CT molecular complexity index is 1300. The first kappa shape index (κ1) is 19.1. The number of rotatable bonds is 2. The monoisotopic (exact) mass is 460 g/mol. The van der Waals surface area contributed by atoms with Crippen molar-refractivity contribution in [1.82, 2.24) is 4.90 Å². The number of fused-ring (bicyclic) bond motifs is 3. The molecule has 0 aromatic heterocycles. The molecule has 0 spiro atoms. The fourth-order valence-corrected chi connectivity index (χ4v) is 5.96. The van der Waals surface area contributed by atoms with E-state index < -0.39 is 0 Å². The Balaban J connectivity index is 1.35. The van der Waals surface area contributed by atoms with Crippen LogP contribution in [-0.4, -0.2) is 35.3 Å². The summed E-state index contributed by atoms with van der Waals surface area (Å²) in [6.45, 7) is 0.488. The maximum absolute atomic E-state index is 12.9. The number of nitrogens with zero attached hydrogens (tertiary/aromatic N) is 2. The molecule has 1 atom stereocenters. The molecule has 1 aliphatic carbocycles. The average molecular weight is 461 g/mol. The zero-order valence-electron chi connectivity index (χ0n) is 17.7. The number of carbonyl (C=O) groups excluding carboxylic acids is 1. The maximum atomic E-state index is 12.9. The highest BCUT2D eigenvalue weighted by Crippen LogP contribution is 2.49. The van der Waals surface area contributed by atoms with Crippen molar-refractivity contribution < 1.29 is 23.7 Å². The summed E-state index contributed by atoms with van der Waals surface area (Å²) < 4.78 is 22.1. The van der Waals surface area contributed by atoms with E-state index in [9.17, 15) is 4.79 Å². The van der Waals surface area contributed by atoms with E-state index in [1.54, 1.807) is 0 Å². The standard InChI is InChI=1S/C25H20N2O5S/c28-22-11-33-25-26-23-15(8-14-4-6-18-20(9-14)31-12-29-18)2-1-3-17(23)24(27(22)25)16-5-7-19-21(10-16)32-13-30-19/h4-10,24H,1-3,11-13H2/b15-8-/t24-/m0/s1. The number of aliphatic imine (C=N–C) groups is 1. The Hall–Kier alpha value is -3.39. The second kappa shape index (κ2) is 7.31. The van der Waals surface area contributed by atoms with Crippen molar-refractivity contribution in [2.45, 2.75) is 25.3 Å². The van der Waals surface area contributed by atoms with Crippen LogP contribution in [0.2, 0.25) is 0 Å². The van der Waals surface area contributed by atoms with E-state index in [4.69, 9.17) is 23.9 Å². The molecule has 1 saturated heterocycles. The lowest BCUT2D eigenvalue weighted by atomic mass is 9.83. The van der Waals surface area contributed by atoms with Crippen LogP contribution < -0.4 is 18.9 Å². The van der Waals surface area contributed by atoms with Gasteiger partial charge in [0.25, 0.3) is 0 Å². The van der Waals surface area contributed by atoms with Gasteiger partial charge in [0.1, 0.15) is 0 Å². The van der Waals surface area contributed by atoms with Gasteiger partial charge in [0.15, 0.2) is 28.2 Å². The molecule has 5 aliphatic rings. The summed E-state index contributed by atoms with van der Waals surface area (Å²) in [6, 6.07) is 11.8. The van der Waals surface area contributed by atoms with Crippen LogP contribution in [0.5, 0.6) is 23.0 Å². The van der Waals surface area contributed by atoms with Crippen LogP contribution in [0.15, 0.2) is 58.2 Å². The number of hydrogen-bond donors (Lipinski definition) is 0. The van der Waals surface area contributed by atoms with Gasteiger partial charge >= 0.3 is 0 Å². The molecule has 4 heterocycles. The summed E-state index contributed by atoms with van der Waals surface area (Å²) in [5.74, 6) is 3.53. The summed E-state index contributed by atoms with van der Waals surface area (Å²) in [5.41, 5.74) is 5.47. The normalized spacial score (nSPS) is 23.7. The summed E-state index contributed by atoms with van der Waals surface area (Å²) in [4.78, 5) is 19.8. The molecule has 0 N–H and O–H groups in total. The molecule has 1 fully saturated rings. The topological polar surface area (TPSA) is 69.6 Å². The predicted octanol–water partition coefficient (Wildman–Crippen LogP) is 4.65. The first-order valence-corrected chi connectivity index (χ1v) is 12.0. The summed E-state index contributed by atoms with van der Waals surface area (Å²) in [6.07, 6.45) is 5.04. The van der Waals surface area contributed by atoms with E-state index in [1.165, 1.54) is 22.9 Å². The lowest BCUT2D eigenvalue weighted by Gasteiger charge is -2.37. The predicted molar refractivity (Wildman–Crippen MR) is 123 cm³/mol. The van der Waals surface area contributed by atoms with E-state index in [2.05, 4.69) is 6.08 Å². The van der Waals surface area contributed by atoms with Gasteiger partial charge < -0.3 is 18.9 Å². The molecule has 0 bridgehead atoms. The average Bonchev–Trinajstić information content (AvgIpc) is 3.57. The molecule has 8 heteroatoms. The number of hydrogen-bond acceptors (Lipinski definition) is 7. The minimum atomic E-state index is -0.176. The first-order valence-electron chi connectivity index (χ1n) is 11.0. The van der Waals surface area contributed by atoms with Crippen LogP contribution in [0.4, 0.5) is 0 Å². The van der Waals surface area contributed by atoms with E-state index in [0.717, 1.165) is 64.3 Å². The van der Waals surface area contributed by atoms with Gasteiger partial charge in [0, 0.05) is 0 Å². The third-order valence-electron chi connectivity index (χ3n) is 6.55. The molecule has 2 aromatic rings. The van der Waals surface area contributed by atoms with Crippen LogP contribution in [-0.2, 0) is 4.79 Å². The van der Waals surface area contributed by atoms with Crippen LogP contribution in [0, 0.1) is 0 Å². The number of benzene rings is 2. The fourth-order valence-electron chi connectivity index (χ4n) is 5.06. The zero-order chi connectivity index (χ0) is 21.9. The molecule has 7 rings (SSSR count). The highest BCUT2D eigenvalue weighted by Gasteiger charge is 2.42. The second-order valence-corrected chi connectivity index (χ2v) is 9.41. The van der Waals surface area contributed by atoms with E-state index in [-0.39, 0.29) is 25.5 Å². The van der Waals surface area contributed by atoms with Crippen molar-refractivity contribution in [3.63, 3.8) is 0 Å². The van der Waals surface area contributed by atoms with Crippen molar-refractivity contribution >= 4 is 28.9 Å². The van der Waals surface area contributed by atoms with Crippen molar-refractivity contribution in [1.29, 1.82) is 0 Å². The fraction of sp³-hybridized carbons (Fsp3) is 0.280. The van der Waals surface area contributed by atoms with Gasteiger partial charge in [-0.25, -0.2) is 4.99 Å². The van der Waals surface area contributed by atoms with E-state index in [1.807, 2.05) is 41.3 Å². The Morgan fingerprint density at radius 1 is 0.939 bits per heavy atom. The number of amides is 1. The van der Waals surface area contributed by atoms with Crippen LogP contribution in [0.25, 0.3) is 6.08 Å². The van der Waals surface area contributed by atoms with Gasteiger partial charge in [-0.3, -0.25) is 9.69 Å². The van der Waals surface area contributed by atoms with Crippen molar-refractivity contribution in [2.24, 2.45) is 4.99 Å². The summed E-state index contributed by atoms with van der Waals surface area (Å²) in [7, 11) is 0. The Kier molecular flexibility index (Phi) is 4.24. The lowest BCUT2D eigenvalue weighted by Crippen LogP contribution is -2.38. The molecule has 33 heavy (non-hydrogen) atoms. The minimum absolute atomic E-state index is 0.0971. The first-order chi connectivity index (χ1) is 16.2. The Morgan fingerprint density at radius 2 is 1.70 bits per heavy atom. The molecule has 0 saturated carbocycles. The number of allylic oxidation sites excluding steroid dienone is 1. The quantitative estimate of drug-likeness (QED) is 0.650. The van der Waals surface area contributed by atoms with Crippen LogP contribution >= 0.6 is 11.8 Å². The van der Waals surface area contributed by atoms with E-state index in [0.29, 0.717) is 5.75 Å². The molecule has 0 radical (unpaired) electrons. The largest absolute Gasteiger partial charge is 0.454 e.